The Labute approximate surface area is 64.8 Å². The van der Waals surface area contributed by atoms with Gasteiger partial charge in [-0.1, -0.05) is 0 Å². The van der Waals surface area contributed by atoms with Gasteiger partial charge in [-0.05, 0) is 12.0 Å². The summed E-state index contributed by atoms with van der Waals surface area (Å²) < 4.78 is 8.63. The number of rotatable bonds is 2. The summed E-state index contributed by atoms with van der Waals surface area (Å²) in [6, 6.07) is 1.25. The fourth-order valence-corrected chi connectivity index (χ4v) is 2.45. The van der Waals surface area contributed by atoms with Crippen molar-refractivity contribution >= 4 is 12.0 Å². The highest BCUT2D eigenvalue weighted by molar-refractivity contribution is 7.93. The molecule has 3 rings (SSSR count). The summed E-state index contributed by atoms with van der Waals surface area (Å²) in [5.74, 6) is 1.60. The Bertz CT molecular complexity index is 119. The van der Waals surface area contributed by atoms with Gasteiger partial charge in [0.2, 0.25) is 0 Å². The Morgan fingerprint density at radius 3 is 2.60 bits per heavy atom. The third-order valence-corrected chi connectivity index (χ3v) is 2.99. The zero-order chi connectivity index (χ0) is 6.97. The molecule has 0 aromatic heterocycles. The molecule has 0 radical (unpaired) electrons. The minimum Gasteiger partial charge on any atom is -0.330 e. The minimum absolute atomic E-state index is 0.624. The van der Waals surface area contributed by atoms with E-state index < -0.39 is 0 Å². The molecule has 0 spiro atoms. The number of nitrogens with one attached hydrogen (secondary N) is 2. The van der Waals surface area contributed by atoms with E-state index in [4.69, 9.17) is 4.55 Å². The van der Waals surface area contributed by atoms with E-state index in [1.54, 1.807) is 0 Å². The molecule has 3 aliphatic rings. The molecule has 0 aliphatic carbocycles. The van der Waals surface area contributed by atoms with Gasteiger partial charge < -0.3 is 15.2 Å². The Morgan fingerprint density at radius 1 is 1.40 bits per heavy atom. The molecule has 2 bridgehead atoms. The first-order valence-electron chi connectivity index (χ1n) is 3.65. The average molecular weight is 160 g/mol. The van der Waals surface area contributed by atoms with Gasteiger partial charge in [-0.15, -0.1) is 0 Å². The van der Waals surface area contributed by atoms with Crippen molar-refractivity contribution in [2.24, 2.45) is 5.92 Å². The fourth-order valence-electron chi connectivity index (χ4n) is 1.82. The molecule has 0 aromatic carbocycles. The SMILES string of the molecule is OSCC1C2CNCC1N2. The van der Waals surface area contributed by atoms with E-state index in [2.05, 4.69) is 10.6 Å². The van der Waals surface area contributed by atoms with Crippen molar-refractivity contribution in [1.82, 2.24) is 10.6 Å². The highest BCUT2D eigenvalue weighted by atomic mass is 32.2. The maximum absolute atomic E-state index is 8.63. The summed E-state index contributed by atoms with van der Waals surface area (Å²) in [5, 5.41) is 6.75. The van der Waals surface area contributed by atoms with Gasteiger partial charge >= 0.3 is 0 Å². The third-order valence-electron chi connectivity index (χ3n) is 2.46. The second-order valence-electron chi connectivity index (χ2n) is 3.00. The molecule has 0 saturated carbocycles. The van der Waals surface area contributed by atoms with Crippen LogP contribution in [-0.2, 0) is 0 Å². The van der Waals surface area contributed by atoms with Crippen LogP contribution in [0.1, 0.15) is 0 Å². The van der Waals surface area contributed by atoms with Crippen LogP contribution in [0.2, 0.25) is 0 Å². The first kappa shape index (κ1) is 6.91. The lowest BCUT2D eigenvalue weighted by Crippen LogP contribution is -2.73. The highest BCUT2D eigenvalue weighted by Crippen LogP contribution is 2.26. The van der Waals surface area contributed by atoms with Crippen molar-refractivity contribution in [3.8, 4) is 0 Å². The van der Waals surface area contributed by atoms with Gasteiger partial charge in [-0.25, -0.2) is 0 Å². The molecule has 4 heteroatoms. The highest BCUT2D eigenvalue weighted by Gasteiger charge is 2.42. The molecule has 10 heavy (non-hydrogen) atoms. The molecule has 3 saturated heterocycles. The molecule has 0 amide bonds. The van der Waals surface area contributed by atoms with Crippen molar-refractivity contribution in [1.29, 1.82) is 0 Å². The van der Waals surface area contributed by atoms with E-state index in [-0.39, 0.29) is 0 Å². The molecule has 3 nitrogen and oxygen atoms in total. The summed E-state index contributed by atoms with van der Waals surface area (Å²) in [7, 11) is 0. The maximum Gasteiger partial charge on any atom is 0.0254 e. The average Bonchev–Trinajstić information content (AvgIpc) is 2.01. The van der Waals surface area contributed by atoms with E-state index in [1.807, 2.05) is 0 Å². The van der Waals surface area contributed by atoms with Crippen LogP contribution in [0.15, 0.2) is 0 Å². The Hall–Kier alpha value is 0.230. The molecule has 2 atom stereocenters. The number of piperidine rings is 1. The second-order valence-corrected chi connectivity index (χ2v) is 3.59. The lowest BCUT2D eigenvalue weighted by atomic mass is 9.81. The van der Waals surface area contributed by atoms with Crippen LogP contribution >= 0.6 is 12.0 Å². The summed E-state index contributed by atoms with van der Waals surface area (Å²) in [5.41, 5.74) is 0. The Morgan fingerprint density at radius 2 is 2.10 bits per heavy atom. The largest absolute Gasteiger partial charge is 0.330 e. The standard InChI is InChI=1S/C6H12N2OS/c9-10-3-4-5-1-7-2-6(4)8-5/h4-9H,1-3H2. The lowest BCUT2D eigenvalue weighted by molar-refractivity contribution is 0.116. The van der Waals surface area contributed by atoms with Gasteiger partial charge in [0.05, 0.1) is 0 Å². The zero-order valence-electron chi connectivity index (χ0n) is 5.71. The van der Waals surface area contributed by atoms with Crippen LogP contribution in [0, 0.1) is 5.92 Å². The summed E-state index contributed by atoms with van der Waals surface area (Å²) >= 11 is 0.975. The zero-order valence-corrected chi connectivity index (χ0v) is 6.53. The number of hydrogen-bond acceptors (Lipinski definition) is 4. The molecule has 0 aromatic rings. The smallest absolute Gasteiger partial charge is 0.0254 e. The Kier molecular flexibility index (Phi) is 1.86. The van der Waals surface area contributed by atoms with Crippen LogP contribution in [-0.4, -0.2) is 35.5 Å². The topological polar surface area (TPSA) is 44.3 Å². The monoisotopic (exact) mass is 160 g/mol. The Balaban J connectivity index is 1.87. The minimum atomic E-state index is 0.624. The molecule has 3 heterocycles. The van der Waals surface area contributed by atoms with Gasteiger partial charge in [0.15, 0.2) is 0 Å². The molecule has 3 fully saturated rings. The molecule has 2 unspecified atom stereocenters. The van der Waals surface area contributed by atoms with Gasteiger partial charge in [0.25, 0.3) is 0 Å². The number of fused-ring (bicyclic) bond motifs is 2. The van der Waals surface area contributed by atoms with Crippen LogP contribution in [0.5, 0.6) is 0 Å². The number of piperazine rings is 1. The molecule has 3 aliphatic heterocycles. The fraction of sp³-hybridized carbons (Fsp3) is 1.00. The van der Waals surface area contributed by atoms with Crippen LogP contribution in [0.4, 0.5) is 0 Å². The summed E-state index contributed by atoms with van der Waals surface area (Å²) in [6.45, 7) is 2.14. The van der Waals surface area contributed by atoms with Crippen molar-refractivity contribution < 1.29 is 4.55 Å². The molecular weight excluding hydrogens is 148 g/mol. The molecular formula is C6H12N2OS. The second kappa shape index (κ2) is 2.70. The van der Waals surface area contributed by atoms with Crippen LogP contribution in [0.25, 0.3) is 0 Å². The van der Waals surface area contributed by atoms with E-state index in [0.717, 1.165) is 30.9 Å². The third kappa shape index (κ3) is 0.955. The summed E-state index contributed by atoms with van der Waals surface area (Å²) in [4.78, 5) is 0. The predicted octanol–water partition coefficient (Wildman–Crippen LogP) is -0.248. The van der Waals surface area contributed by atoms with Crippen molar-refractivity contribution in [3.05, 3.63) is 0 Å². The van der Waals surface area contributed by atoms with Crippen LogP contribution in [0.3, 0.4) is 0 Å². The van der Waals surface area contributed by atoms with Crippen molar-refractivity contribution in [2.45, 2.75) is 12.1 Å². The van der Waals surface area contributed by atoms with Gasteiger partial charge in [-0.2, -0.15) is 0 Å². The molecule has 3 N–H and O–H groups in total. The normalized spacial score (nSPS) is 44.7. The van der Waals surface area contributed by atoms with Gasteiger partial charge in [-0.3, -0.25) is 0 Å². The van der Waals surface area contributed by atoms with Gasteiger partial charge in [0, 0.05) is 36.8 Å². The first-order valence-corrected chi connectivity index (χ1v) is 4.59. The van der Waals surface area contributed by atoms with Crippen molar-refractivity contribution in [2.75, 3.05) is 18.8 Å². The van der Waals surface area contributed by atoms with E-state index in [0.29, 0.717) is 18.0 Å². The van der Waals surface area contributed by atoms with E-state index >= 15 is 0 Å². The first-order chi connectivity index (χ1) is 4.92. The molecule has 58 valence electrons. The number of hydrogen-bond donors (Lipinski definition) is 3. The van der Waals surface area contributed by atoms with Crippen LogP contribution < -0.4 is 10.6 Å². The lowest BCUT2D eigenvalue weighted by Gasteiger charge is -2.50. The van der Waals surface area contributed by atoms with E-state index in [1.165, 1.54) is 0 Å². The predicted molar refractivity (Wildman–Crippen MR) is 42.2 cm³/mol. The maximum atomic E-state index is 8.63. The van der Waals surface area contributed by atoms with E-state index in [9.17, 15) is 0 Å². The quantitative estimate of drug-likeness (QED) is 0.488. The van der Waals surface area contributed by atoms with Gasteiger partial charge in [0.1, 0.15) is 0 Å². The summed E-state index contributed by atoms with van der Waals surface area (Å²) in [6.07, 6.45) is 0. The van der Waals surface area contributed by atoms with Crippen molar-refractivity contribution in [3.63, 3.8) is 0 Å².